The summed E-state index contributed by atoms with van der Waals surface area (Å²) in [6, 6.07) is 12.4. The summed E-state index contributed by atoms with van der Waals surface area (Å²) >= 11 is 0. The maximum atomic E-state index is 10.8. The number of allylic oxidation sites excluding steroid dienone is 1. The van der Waals surface area contributed by atoms with Gasteiger partial charge in [-0.3, -0.25) is 0 Å². The molecule has 0 heterocycles. The number of hydrogen-bond donors (Lipinski definition) is 2. The van der Waals surface area contributed by atoms with Gasteiger partial charge in [0.05, 0.1) is 5.56 Å². The predicted molar refractivity (Wildman–Crippen MR) is 77.7 cm³/mol. The minimum atomic E-state index is -0.907. The molecular formula is C17H14O3. The third-order valence-electron chi connectivity index (χ3n) is 3.62. The van der Waals surface area contributed by atoms with Crippen molar-refractivity contribution >= 4 is 17.6 Å². The van der Waals surface area contributed by atoms with Crippen molar-refractivity contribution in [2.24, 2.45) is 0 Å². The average molecular weight is 266 g/mol. The first-order valence-electron chi connectivity index (χ1n) is 6.50. The molecule has 2 aromatic rings. The molecule has 3 heteroatoms. The van der Waals surface area contributed by atoms with Crippen LogP contribution < -0.4 is 0 Å². The highest BCUT2D eigenvalue weighted by Gasteiger charge is 2.13. The summed E-state index contributed by atoms with van der Waals surface area (Å²) in [5.41, 5.74) is 4.81. The molecule has 2 aromatic carbocycles. The van der Waals surface area contributed by atoms with Crippen molar-refractivity contribution in [2.75, 3.05) is 0 Å². The Bertz CT molecular complexity index is 697. The zero-order valence-electron chi connectivity index (χ0n) is 10.8. The molecule has 2 N–H and O–H groups in total. The molecule has 0 aliphatic heterocycles. The van der Waals surface area contributed by atoms with Crippen molar-refractivity contribution in [3.05, 3.63) is 64.7 Å². The second kappa shape index (κ2) is 4.85. The SMILES string of the molecule is O=C(O)c1ccc(C2=Cc3ccc(O)cc3CC2)cc1. The summed E-state index contributed by atoms with van der Waals surface area (Å²) in [4.78, 5) is 10.8. The molecule has 100 valence electrons. The van der Waals surface area contributed by atoms with E-state index in [1.165, 1.54) is 5.57 Å². The van der Waals surface area contributed by atoms with Gasteiger partial charge in [0.25, 0.3) is 0 Å². The first-order chi connectivity index (χ1) is 9.63. The van der Waals surface area contributed by atoms with Crippen LogP contribution in [-0.2, 0) is 6.42 Å². The second-order valence-corrected chi connectivity index (χ2v) is 4.94. The number of phenols is 1. The molecule has 0 fully saturated rings. The topological polar surface area (TPSA) is 57.5 Å². The van der Waals surface area contributed by atoms with Crippen LogP contribution in [0.4, 0.5) is 0 Å². The number of rotatable bonds is 2. The van der Waals surface area contributed by atoms with Gasteiger partial charge in [-0.15, -0.1) is 0 Å². The first kappa shape index (κ1) is 12.5. The number of aromatic carboxylic acids is 1. The third-order valence-corrected chi connectivity index (χ3v) is 3.62. The van der Waals surface area contributed by atoms with E-state index in [1.807, 2.05) is 18.2 Å². The van der Waals surface area contributed by atoms with Crippen LogP contribution in [-0.4, -0.2) is 16.2 Å². The fraction of sp³-hybridized carbons (Fsp3) is 0.118. The van der Waals surface area contributed by atoms with E-state index in [2.05, 4.69) is 6.08 Å². The van der Waals surface area contributed by atoms with E-state index < -0.39 is 5.97 Å². The maximum Gasteiger partial charge on any atom is 0.335 e. The Morgan fingerprint density at radius 2 is 1.75 bits per heavy atom. The van der Waals surface area contributed by atoms with Crippen molar-refractivity contribution in [1.29, 1.82) is 0 Å². The Labute approximate surface area is 116 Å². The zero-order chi connectivity index (χ0) is 14.1. The average Bonchev–Trinajstić information content (AvgIpc) is 2.47. The fourth-order valence-corrected chi connectivity index (χ4v) is 2.53. The van der Waals surface area contributed by atoms with Gasteiger partial charge in [0.1, 0.15) is 5.75 Å². The summed E-state index contributed by atoms with van der Waals surface area (Å²) in [7, 11) is 0. The third kappa shape index (κ3) is 2.30. The van der Waals surface area contributed by atoms with E-state index in [9.17, 15) is 9.90 Å². The van der Waals surface area contributed by atoms with Gasteiger partial charge in [-0.05, 0) is 59.4 Å². The number of carboxylic acid groups (broad SMARTS) is 1. The molecule has 0 aromatic heterocycles. The molecule has 0 atom stereocenters. The minimum absolute atomic E-state index is 0.298. The van der Waals surface area contributed by atoms with Gasteiger partial charge in [0, 0.05) is 0 Å². The Morgan fingerprint density at radius 3 is 2.45 bits per heavy atom. The van der Waals surface area contributed by atoms with Crippen LogP contribution in [0.25, 0.3) is 11.6 Å². The molecule has 20 heavy (non-hydrogen) atoms. The molecule has 0 radical (unpaired) electrons. The molecule has 0 saturated carbocycles. The number of carboxylic acids is 1. The van der Waals surface area contributed by atoms with Crippen LogP contribution in [0.15, 0.2) is 42.5 Å². The number of benzene rings is 2. The van der Waals surface area contributed by atoms with Gasteiger partial charge in [-0.1, -0.05) is 24.3 Å². The highest BCUT2D eigenvalue weighted by Crippen LogP contribution is 2.32. The normalized spacial score (nSPS) is 13.5. The van der Waals surface area contributed by atoms with Crippen LogP contribution in [0.5, 0.6) is 5.75 Å². The summed E-state index contributed by atoms with van der Waals surface area (Å²) in [5.74, 6) is -0.610. The van der Waals surface area contributed by atoms with E-state index in [0.717, 1.165) is 29.5 Å². The van der Waals surface area contributed by atoms with Crippen molar-refractivity contribution < 1.29 is 15.0 Å². The lowest BCUT2D eigenvalue weighted by Crippen LogP contribution is -2.00. The van der Waals surface area contributed by atoms with E-state index in [-0.39, 0.29) is 0 Å². The molecule has 0 amide bonds. The van der Waals surface area contributed by atoms with Gasteiger partial charge in [0.15, 0.2) is 0 Å². The Hall–Kier alpha value is -2.55. The fourth-order valence-electron chi connectivity index (χ4n) is 2.53. The highest BCUT2D eigenvalue weighted by atomic mass is 16.4. The lowest BCUT2D eigenvalue weighted by Gasteiger charge is -2.17. The molecule has 3 rings (SSSR count). The van der Waals surface area contributed by atoms with E-state index in [4.69, 9.17) is 5.11 Å². The predicted octanol–water partition coefficient (Wildman–Crippen LogP) is 3.58. The van der Waals surface area contributed by atoms with Crippen LogP contribution >= 0.6 is 0 Å². The molecule has 1 aliphatic carbocycles. The number of hydrogen-bond acceptors (Lipinski definition) is 2. The number of aryl methyl sites for hydroxylation is 1. The van der Waals surface area contributed by atoms with E-state index in [1.54, 1.807) is 24.3 Å². The van der Waals surface area contributed by atoms with Gasteiger partial charge in [0.2, 0.25) is 0 Å². The summed E-state index contributed by atoms with van der Waals surface area (Å²) in [5, 5.41) is 18.4. The van der Waals surface area contributed by atoms with E-state index in [0.29, 0.717) is 11.3 Å². The molecule has 0 unspecified atom stereocenters. The summed E-state index contributed by atoms with van der Waals surface area (Å²) in [6.45, 7) is 0. The summed E-state index contributed by atoms with van der Waals surface area (Å²) in [6.07, 6.45) is 3.88. The molecular weight excluding hydrogens is 252 g/mol. The molecule has 1 aliphatic rings. The first-order valence-corrected chi connectivity index (χ1v) is 6.50. The lowest BCUT2D eigenvalue weighted by atomic mass is 9.88. The molecule has 3 nitrogen and oxygen atoms in total. The van der Waals surface area contributed by atoms with Crippen LogP contribution in [0.2, 0.25) is 0 Å². The standard InChI is InChI=1S/C17H14O3/c18-16-8-7-14-9-13(5-6-15(14)10-16)11-1-3-12(4-2-11)17(19)20/h1-4,7-10,18H,5-6H2,(H,19,20). The van der Waals surface area contributed by atoms with Crippen molar-refractivity contribution in [1.82, 2.24) is 0 Å². The molecule has 0 saturated heterocycles. The highest BCUT2D eigenvalue weighted by molar-refractivity contribution is 5.89. The number of carbonyl (C=O) groups is 1. The Morgan fingerprint density at radius 1 is 1.00 bits per heavy atom. The van der Waals surface area contributed by atoms with E-state index >= 15 is 0 Å². The van der Waals surface area contributed by atoms with Crippen LogP contribution in [0.1, 0.15) is 33.5 Å². The smallest absolute Gasteiger partial charge is 0.335 e. The summed E-state index contributed by atoms with van der Waals surface area (Å²) < 4.78 is 0. The minimum Gasteiger partial charge on any atom is -0.508 e. The monoisotopic (exact) mass is 266 g/mol. The van der Waals surface area contributed by atoms with Gasteiger partial charge < -0.3 is 10.2 Å². The van der Waals surface area contributed by atoms with Crippen LogP contribution in [0, 0.1) is 0 Å². The van der Waals surface area contributed by atoms with Gasteiger partial charge >= 0.3 is 5.97 Å². The zero-order valence-corrected chi connectivity index (χ0v) is 10.8. The number of phenolic OH excluding ortho intramolecular Hbond substituents is 1. The maximum absolute atomic E-state index is 10.8. The number of aromatic hydroxyl groups is 1. The Balaban J connectivity index is 1.95. The van der Waals surface area contributed by atoms with Gasteiger partial charge in [-0.2, -0.15) is 0 Å². The number of fused-ring (bicyclic) bond motifs is 1. The quantitative estimate of drug-likeness (QED) is 0.873. The second-order valence-electron chi connectivity index (χ2n) is 4.94. The van der Waals surface area contributed by atoms with Crippen molar-refractivity contribution in [3.63, 3.8) is 0 Å². The Kier molecular flexibility index (Phi) is 3.03. The lowest BCUT2D eigenvalue weighted by molar-refractivity contribution is 0.0697. The largest absolute Gasteiger partial charge is 0.508 e. The van der Waals surface area contributed by atoms with Crippen molar-refractivity contribution in [2.45, 2.75) is 12.8 Å². The van der Waals surface area contributed by atoms with Gasteiger partial charge in [-0.25, -0.2) is 4.79 Å². The van der Waals surface area contributed by atoms with Crippen LogP contribution in [0.3, 0.4) is 0 Å². The van der Waals surface area contributed by atoms with Crippen molar-refractivity contribution in [3.8, 4) is 5.75 Å². The molecule has 0 bridgehead atoms. The molecule has 0 spiro atoms.